The molecule has 5 rings (SSSR count). The molecule has 0 radical (unpaired) electrons. The van der Waals surface area contributed by atoms with Gasteiger partial charge in [0, 0.05) is 58.6 Å². The zero-order chi connectivity index (χ0) is 28.2. The first kappa shape index (κ1) is 27.4. The van der Waals surface area contributed by atoms with Crippen molar-refractivity contribution in [2.75, 3.05) is 31.4 Å². The molecule has 0 unspecified atom stereocenters. The SMILES string of the molecule is CCOC(C=Cc1cnc(N)c2c(-c3ccc(NC(=O)c4cc5ccccc5n4C)c(OC)c3)csc12)OCC. The highest BCUT2D eigenvalue weighted by molar-refractivity contribution is 7.18. The Balaban J connectivity index is 1.45. The monoisotopic (exact) mass is 556 g/mol. The number of nitrogens with two attached hydrogens (primary N) is 1. The van der Waals surface area contributed by atoms with Crippen molar-refractivity contribution in [1.82, 2.24) is 9.55 Å². The Morgan fingerprint density at radius 1 is 1.15 bits per heavy atom. The molecule has 0 aliphatic heterocycles. The smallest absolute Gasteiger partial charge is 0.272 e. The van der Waals surface area contributed by atoms with Crippen molar-refractivity contribution in [2.24, 2.45) is 7.05 Å². The number of pyridine rings is 1. The van der Waals surface area contributed by atoms with Gasteiger partial charge in [0.05, 0.1) is 12.8 Å². The van der Waals surface area contributed by atoms with Crippen molar-refractivity contribution in [3.05, 3.63) is 77.4 Å². The molecule has 0 saturated heterocycles. The van der Waals surface area contributed by atoms with Gasteiger partial charge in [-0.15, -0.1) is 11.3 Å². The summed E-state index contributed by atoms with van der Waals surface area (Å²) in [5, 5.41) is 6.94. The molecule has 5 aromatic rings. The van der Waals surface area contributed by atoms with Crippen LogP contribution in [0.1, 0.15) is 29.9 Å². The summed E-state index contributed by atoms with van der Waals surface area (Å²) in [7, 11) is 3.47. The van der Waals surface area contributed by atoms with Gasteiger partial charge < -0.3 is 29.8 Å². The molecular formula is C31H32N4O4S. The minimum Gasteiger partial charge on any atom is -0.495 e. The number of benzene rings is 2. The molecule has 0 bridgehead atoms. The van der Waals surface area contributed by atoms with Crippen molar-refractivity contribution in [2.45, 2.75) is 20.1 Å². The van der Waals surface area contributed by atoms with Crippen LogP contribution in [0.2, 0.25) is 0 Å². The van der Waals surface area contributed by atoms with Gasteiger partial charge in [0.15, 0.2) is 6.29 Å². The highest BCUT2D eigenvalue weighted by Gasteiger charge is 2.18. The van der Waals surface area contributed by atoms with E-state index in [-0.39, 0.29) is 5.91 Å². The van der Waals surface area contributed by atoms with Crippen LogP contribution in [0.4, 0.5) is 11.5 Å². The van der Waals surface area contributed by atoms with Crippen molar-refractivity contribution >= 4 is 55.8 Å². The molecule has 0 atom stereocenters. The number of methoxy groups -OCH3 is 1. The van der Waals surface area contributed by atoms with E-state index in [4.69, 9.17) is 19.9 Å². The van der Waals surface area contributed by atoms with Gasteiger partial charge >= 0.3 is 0 Å². The number of hydrogen-bond donors (Lipinski definition) is 2. The predicted molar refractivity (Wildman–Crippen MR) is 163 cm³/mol. The molecule has 0 aliphatic rings. The van der Waals surface area contributed by atoms with E-state index in [0.29, 0.717) is 36.2 Å². The maximum absolute atomic E-state index is 13.2. The van der Waals surface area contributed by atoms with E-state index in [1.807, 2.05) is 86.1 Å². The Labute approximate surface area is 237 Å². The number of aryl methyl sites for hydroxylation is 1. The number of nitrogens with zero attached hydrogens (tertiary/aromatic N) is 2. The first-order valence-corrected chi connectivity index (χ1v) is 13.9. The largest absolute Gasteiger partial charge is 0.495 e. The number of ether oxygens (including phenoxy) is 3. The summed E-state index contributed by atoms with van der Waals surface area (Å²) in [5.41, 5.74) is 11.3. The number of hydrogen-bond acceptors (Lipinski definition) is 7. The lowest BCUT2D eigenvalue weighted by molar-refractivity contribution is -0.103. The first-order chi connectivity index (χ1) is 19.4. The van der Waals surface area contributed by atoms with Crippen molar-refractivity contribution in [3.8, 4) is 16.9 Å². The summed E-state index contributed by atoms with van der Waals surface area (Å²) in [6.45, 7) is 4.97. The van der Waals surface area contributed by atoms with Crippen LogP contribution < -0.4 is 15.8 Å². The standard InChI is InChI=1S/C31H32N4O4S/c1-5-38-27(39-6-2)14-12-21-17-33-30(32)28-22(18-40-29(21)28)19-11-13-23(26(16-19)37-4)34-31(36)25-15-20-9-7-8-10-24(20)35(25)3/h7-18,27H,5-6H2,1-4H3,(H2,32,33)(H,34,36). The number of thiophene rings is 1. The molecule has 206 valence electrons. The lowest BCUT2D eigenvalue weighted by Gasteiger charge is -2.13. The van der Waals surface area contributed by atoms with Gasteiger partial charge in [-0.25, -0.2) is 4.98 Å². The second-order valence-electron chi connectivity index (χ2n) is 9.11. The fourth-order valence-corrected chi connectivity index (χ4v) is 5.82. The van der Waals surface area contributed by atoms with E-state index >= 15 is 0 Å². The lowest BCUT2D eigenvalue weighted by Crippen LogP contribution is -2.16. The minimum absolute atomic E-state index is 0.215. The zero-order valence-electron chi connectivity index (χ0n) is 22.9. The average Bonchev–Trinajstić information content (AvgIpc) is 3.56. The number of nitrogen functional groups attached to an aromatic ring is 1. The van der Waals surface area contributed by atoms with E-state index in [1.54, 1.807) is 24.6 Å². The van der Waals surface area contributed by atoms with E-state index in [1.165, 1.54) is 0 Å². The highest BCUT2D eigenvalue weighted by atomic mass is 32.1. The van der Waals surface area contributed by atoms with Crippen LogP contribution in [-0.4, -0.2) is 42.1 Å². The van der Waals surface area contributed by atoms with Gasteiger partial charge in [-0.05, 0) is 55.1 Å². The summed E-state index contributed by atoms with van der Waals surface area (Å²) in [4.78, 5) is 17.7. The van der Waals surface area contributed by atoms with E-state index in [2.05, 4.69) is 15.7 Å². The van der Waals surface area contributed by atoms with Crippen LogP contribution in [0.3, 0.4) is 0 Å². The molecule has 3 N–H and O–H groups in total. The normalized spacial score (nSPS) is 11.7. The van der Waals surface area contributed by atoms with Gasteiger partial charge in [-0.3, -0.25) is 4.79 Å². The molecule has 0 spiro atoms. The topological polar surface area (TPSA) is 101 Å². The highest BCUT2D eigenvalue weighted by Crippen LogP contribution is 2.41. The third kappa shape index (κ3) is 5.31. The fourth-order valence-electron chi connectivity index (χ4n) is 4.74. The average molecular weight is 557 g/mol. The number of rotatable bonds is 10. The Hall–Kier alpha value is -4.18. The van der Waals surface area contributed by atoms with Crippen LogP contribution in [0.25, 0.3) is 38.2 Å². The molecule has 3 heterocycles. The maximum atomic E-state index is 13.2. The van der Waals surface area contributed by atoms with Gasteiger partial charge in [0.25, 0.3) is 5.91 Å². The number of aromatic nitrogens is 2. The number of nitrogens with one attached hydrogen (secondary N) is 1. The number of para-hydroxylation sites is 1. The molecule has 40 heavy (non-hydrogen) atoms. The second-order valence-corrected chi connectivity index (χ2v) is 9.99. The second kappa shape index (κ2) is 11.9. The molecule has 3 aromatic heterocycles. The predicted octanol–water partition coefficient (Wildman–Crippen LogP) is 6.71. The van der Waals surface area contributed by atoms with Gasteiger partial charge in [-0.2, -0.15) is 0 Å². The number of carbonyl (C=O) groups is 1. The molecule has 8 nitrogen and oxygen atoms in total. The third-order valence-corrected chi connectivity index (χ3v) is 7.72. The number of fused-ring (bicyclic) bond motifs is 2. The van der Waals surface area contributed by atoms with Crippen LogP contribution in [-0.2, 0) is 16.5 Å². The minimum atomic E-state index is -0.428. The molecule has 2 aromatic carbocycles. The van der Waals surface area contributed by atoms with Crippen LogP contribution >= 0.6 is 11.3 Å². The molecule has 9 heteroatoms. The number of carbonyl (C=O) groups excluding carboxylic acids is 1. The Morgan fingerprint density at radius 2 is 1.93 bits per heavy atom. The molecule has 0 aliphatic carbocycles. The van der Waals surface area contributed by atoms with E-state index in [9.17, 15) is 4.79 Å². The van der Waals surface area contributed by atoms with Crippen LogP contribution in [0.5, 0.6) is 5.75 Å². The zero-order valence-corrected chi connectivity index (χ0v) is 23.7. The summed E-state index contributed by atoms with van der Waals surface area (Å²) < 4.78 is 19.8. The molecule has 0 saturated carbocycles. The Bertz CT molecular complexity index is 1700. The van der Waals surface area contributed by atoms with Crippen LogP contribution in [0, 0.1) is 0 Å². The third-order valence-electron chi connectivity index (χ3n) is 6.69. The van der Waals surface area contributed by atoms with Crippen molar-refractivity contribution in [3.63, 3.8) is 0 Å². The molecule has 0 fully saturated rings. The maximum Gasteiger partial charge on any atom is 0.272 e. The molecule has 1 amide bonds. The van der Waals surface area contributed by atoms with E-state index in [0.717, 1.165) is 37.7 Å². The van der Waals surface area contributed by atoms with Crippen molar-refractivity contribution in [1.29, 1.82) is 0 Å². The summed E-state index contributed by atoms with van der Waals surface area (Å²) in [6.07, 6.45) is 5.17. The van der Waals surface area contributed by atoms with E-state index < -0.39 is 6.29 Å². The van der Waals surface area contributed by atoms with Gasteiger partial charge in [0.1, 0.15) is 17.3 Å². The van der Waals surface area contributed by atoms with Crippen LogP contribution in [0.15, 0.2) is 66.2 Å². The Kier molecular flexibility index (Phi) is 8.16. The summed E-state index contributed by atoms with van der Waals surface area (Å²) >= 11 is 1.59. The quantitative estimate of drug-likeness (QED) is 0.185. The first-order valence-electron chi connectivity index (χ1n) is 13.1. The van der Waals surface area contributed by atoms with Gasteiger partial charge in [-0.1, -0.05) is 30.3 Å². The summed E-state index contributed by atoms with van der Waals surface area (Å²) in [5.74, 6) is 0.775. The number of amides is 1. The summed E-state index contributed by atoms with van der Waals surface area (Å²) in [6, 6.07) is 15.5. The van der Waals surface area contributed by atoms with Gasteiger partial charge in [0.2, 0.25) is 0 Å². The lowest BCUT2D eigenvalue weighted by atomic mass is 10.0. The van der Waals surface area contributed by atoms with Crippen molar-refractivity contribution < 1.29 is 19.0 Å². The Morgan fingerprint density at radius 3 is 2.65 bits per heavy atom. The number of anilines is 2. The fraction of sp³-hybridized carbons (Fsp3) is 0.226. The molecular weight excluding hydrogens is 524 g/mol.